The maximum Gasteiger partial charge on any atom is 0.0146 e. The first-order chi connectivity index (χ1) is 17.5. The van der Waals surface area contributed by atoms with E-state index in [1.54, 1.807) is 16.6 Å². The molecule has 0 atom stereocenters. The molecular formula is C30H37Cl2N3ORu. The smallest absolute Gasteiger partial charge is 0.0146 e. The van der Waals surface area contributed by atoms with Crippen molar-refractivity contribution in [3.05, 3.63) is 94.6 Å². The van der Waals surface area contributed by atoms with Crippen molar-refractivity contribution in [2.75, 3.05) is 27.8 Å². The Labute approximate surface area is 235 Å². The molecule has 0 aliphatic carbocycles. The number of rotatable bonds is 4. The zero-order valence-electron chi connectivity index (χ0n) is 22.7. The van der Waals surface area contributed by atoms with E-state index in [1.807, 2.05) is 30.3 Å². The van der Waals surface area contributed by atoms with Crippen molar-refractivity contribution in [2.24, 2.45) is 0 Å². The van der Waals surface area contributed by atoms with Crippen LogP contribution in [-0.4, -0.2) is 28.5 Å². The summed E-state index contributed by atoms with van der Waals surface area (Å²) >= 11 is -1.93. The average molecular weight is 628 g/mol. The van der Waals surface area contributed by atoms with Gasteiger partial charge in [-0.25, -0.2) is 0 Å². The molecule has 0 radical (unpaired) electrons. The van der Waals surface area contributed by atoms with Crippen molar-refractivity contribution in [3.63, 3.8) is 0 Å². The van der Waals surface area contributed by atoms with Crippen LogP contribution in [0.5, 0.6) is 0 Å². The fourth-order valence-electron chi connectivity index (χ4n) is 5.05. The molecule has 0 spiro atoms. The molecule has 0 saturated carbocycles. The van der Waals surface area contributed by atoms with Gasteiger partial charge in [-0.2, -0.15) is 6.67 Å². The van der Waals surface area contributed by atoms with Gasteiger partial charge in [0.15, 0.2) is 0 Å². The summed E-state index contributed by atoms with van der Waals surface area (Å²) in [6.07, 6.45) is 0. The van der Waals surface area contributed by atoms with Crippen LogP contribution in [0.3, 0.4) is 0 Å². The number of carbonyl (C=O) groups excluding carboxylic acids is 1. The van der Waals surface area contributed by atoms with E-state index in [0.29, 0.717) is 0 Å². The molecule has 1 saturated heterocycles. The predicted molar refractivity (Wildman–Crippen MR) is 160 cm³/mol. The van der Waals surface area contributed by atoms with Crippen LogP contribution in [0.1, 0.15) is 40.3 Å². The first kappa shape index (κ1) is 29.4. The topological polar surface area (TPSA) is 31.1 Å². The van der Waals surface area contributed by atoms with E-state index in [4.69, 9.17) is 19.4 Å². The van der Waals surface area contributed by atoms with Crippen LogP contribution in [0.2, 0.25) is 0 Å². The number of halogens is 2. The molecule has 1 N–H and O–H groups in total. The zero-order valence-corrected chi connectivity index (χ0v) is 25.9. The Balaban J connectivity index is 0.000000233. The van der Waals surface area contributed by atoms with Gasteiger partial charge in [0.05, 0.1) is 0 Å². The van der Waals surface area contributed by atoms with Gasteiger partial charge in [0, 0.05) is 24.5 Å². The number of nitrogens with zero attached hydrogens (tertiary/aromatic N) is 3. The third kappa shape index (κ3) is 7.66. The van der Waals surface area contributed by atoms with Crippen LogP contribution in [0.25, 0.3) is 0 Å². The van der Waals surface area contributed by atoms with Crippen molar-refractivity contribution < 1.29 is 18.3 Å². The molecule has 1 fully saturated rings. The molecule has 1 aliphatic heterocycles. The van der Waals surface area contributed by atoms with Crippen LogP contribution in [0, 0.1) is 48.2 Å². The van der Waals surface area contributed by atoms with Gasteiger partial charge in [-0.15, -0.1) is 0 Å². The van der Waals surface area contributed by atoms with Crippen LogP contribution in [0.15, 0.2) is 54.6 Å². The first-order valence-corrected chi connectivity index (χ1v) is 17.7. The van der Waals surface area contributed by atoms with Gasteiger partial charge in [0.25, 0.3) is 0 Å². The summed E-state index contributed by atoms with van der Waals surface area (Å²) in [5, 5.41) is 0. The molecule has 37 heavy (non-hydrogen) atoms. The number of anilines is 3. The Hall–Kier alpha value is -2.20. The summed E-state index contributed by atoms with van der Waals surface area (Å²) in [5.41, 5.74) is 11.7. The van der Waals surface area contributed by atoms with Crippen molar-refractivity contribution >= 4 is 47.1 Å². The van der Waals surface area contributed by atoms with E-state index in [9.17, 15) is 4.79 Å². The standard InChI is InChI=1S/C21H27N2.C9H9NO.2ClH.Ru/c1-14-9-16(3)20(17(4)10-14)22-7-8-23(13-22)21-18(5)11-15(2)12-19(21)6;1-8(11)10(2)9-6-4-3-5-7-9;;;/h9-13H,7-8H2,1-6H3;2-7H,1H3;2*1H;/q-1;;;;+2/p-1. The number of hydrogen-bond acceptors (Lipinski definition) is 2. The molecule has 4 nitrogen and oxygen atoms in total. The van der Waals surface area contributed by atoms with E-state index in [1.165, 1.54) is 44.8 Å². The van der Waals surface area contributed by atoms with Crippen LogP contribution in [0.4, 0.5) is 17.1 Å². The second kappa shape index (κ2) is 13.0. The summed E-state index contributed by atoms with van der Waals surface area (Å²) in [4.78, 5) is 15.8. The maximum atomic E-state index is 9.43. The second-order valence-electron chi connectivity index (χ2n) is 9.55. The normalized spacial score (nSPS) is 13.2. The van der Waals surface area contributed by atoms with Gasteiger partial charge < -0.3 is 9.80 Å². The van der Waals surface area contributed by atoms with Crippen molar-refractivity contribution in [1.29, 1.82) is 0 Å². The Bertz CT molecular complexity index is 1180. The number of para-hydroxylation sites is 1. The van der Waals surface area contributed by atoms with E-state index in [2.05, 4.69) is 82.3 Å². The monoisotopic (exact) mass is 627 g/mol. The third-order valence-corrected chi connectivity index (χ3v) is 7.85. The molecule has 4 rings (SSSR count). The number of amides is 1. The number of hydrogen-bond donors (Lipinski definition) is 0. The molecule has 0 unspecified atom stereocenters. The minimum absolute atomic E-state index is 0.163. The predicted octanol–water partition coefficient (Wildman–Crippen LogP) is 7.68. The van der Waals surface area contributed by atoms with Gasteiger partial charge in [0.1, 0.15) is 0 Å². The van der Waals surface area contributed by atoms with Gasteiger partial charge in [-0.05, 0) is 63.8 Å². The van der Waals surface area contributed by atoms with Crippen LogP contribution >= 0.6 is 19.4 Å². The molecule has 3 aromatic rings. The fourth-order valence-corrected chi connectivity index (χ4v) is 6.79. The quantitative estimate of drug-likeness (QED) is 0.169. The summed E-state index contributed by atoms with van der Waals surface area (Å²) in [6, 6.07) is 18.6. The Kier molecular flexibility index (Phi) is 10.4. The zero-order chi connectivity index (χ0) is 27.3. The minimum Gasteiger partial charge on any atom is -0.502 e. The van der Waals surface area contributed by atoms with Gasteiger partial charge >= 0.3 is 96.2 Å². The number of aryl methyl sites for hydroxylation is 6. The summed E-state index contributed by atoms with van der Waals surface area (Å²) in [5.74, 6) is 0.163. The van der Waals surface area contributed by atoms with Gasteiger partial charge in [-0.1, -0.05) is 35.4 Å². The molecular weight excluding hydrogens is 590 g/mol. The van der Waals surface area contributed by atoms with E-state index in [0.717, 1.165) is 18.8 Å². The maximum absolute atomic E-state index is 9.43. The summed E-state index contributed by atoms with van der Waals surface area (Å²) < 4.78 is 1.66. The SMILES string of the molecule is CC(=[OH+])N([CH]=[Ru]([Cl])[Cl])c1ccccc1.Cc1cc(C)c(N2[CH-]N(c3c(C)cc(C)cc3C)CC2)c(C)c1. The summed E-state index contributed by atoms with van der Waals surface area (Å²) in [7, 11) is 11.5. The van der Waals surface area contributed by atoms with Crippen LogP contribution < -0.4 is 14.7 Å². The van der Waals surface area contributed by atoms with E-state index < -0.39 is 13.5 Å². The van der Waals surface area contributed by atoms with Gasteiger partial charge in [0.2, 0.25) is 0 Å². The first-order valence-electron chi connectivity index (χ1n) is 12.2. The molecule has 0 bridgehead atoms. The fraction of sp³-hybridized carbons (Fsp3) is 0.300. The average Bonchev–Trinajstić information content (AvgIpc) is 3.26. The molecule has 0 aromatic heterocycles. The Morgan fingerprint density at radius 2 is 1.22 bits per heavy atom. The van der Waals surface area contributed by atoms with E-state index >= 15 is 0 Å². The minimum atomic E-state index is -1.93. The molecule has 1 heterocycles. The third-order valence-electron chi connectivity index (χ3n) is 6.25. The molecule has 3 aromatic carbocycles. The molecule has 1 amide bonds. The molecule has 7 heteroatoms. The molecule has 1 aliphatic rings. The van der Waals surface area contributed by atoms with Crippen molar-refractivity contribution in [1.82, 2.24) is 0 Å². The molecule has 200 valence electrons. The Morgan fingerprint density at radius 1 is 0.811 bits per heavy atom. The Morgan fingerprint density at radius 3 is 1.57 bits per heavy atom. The van der Waals surface area contributed by atoms with Crippen LogP contribution in [-0.2, 0) is 13.5 Å². The van der Waals surface area contributed by atoms with E-state index in [-0.39, 0.29) is 5.91 Å². The van der Waals surface area contributed by atoms with Crippen molar-refractivity contribution in [3.8, 4) is 0 Å². The van der Waals surface area contributed by atoms with Crippen molar-refractivity contribution in [2.45, 2.75) is 48.5 Å². The largest absolute Gasteiger partial charge is 0.502 e. The summed E-state index contributed by atoms with van der Waals surface area (Å²) in [6.45, 7) is 19.2. The van der Waals surface area contributed by atoms with Gasteiger partial charge in [-0.3, -0.25) is 0 Å². The second-order valence-corrected chi connectivity index (χ2v) is 15.2. The number of benzene rings is 3.